The van der Waals surface area contributed by atoms with Gasteiger partial charge in [-0.25, -0.2) is 0 Å². The number of ether oxygens (including phenoxy) is 1. The largest absolute Gasteiger partial charge is 0.466 e. The fourth-order valence-corrected chi connectivity index (χ4v) is 1.08. The first-order valence-electron chi connectivity index (χ1n) is 4.45. The SMILES string of the molecule is CCOC(=O)CC=O.Clc1cncc(Cl)c1. The first-order chi connectivity index (χ1) is 7.60. The lowest BCUT2D eigenvalue weighted by atomic mass is 10.5. The van der Waals surface area contributed by atoms with Crippen LogP contribution in [0.2, 0.25) is 10.0 Å². The van der Waals surface area contributed by atoms with E-state index in [9.17, 15) is 9.59 Å². The summed E-state index contributed by atoms with van der Waals surface area (Å²) in [7, 11) is 0. The highest BCUT2D eigenvalue weighted by Crippen LogP contribution is 2.11. The lowest BCUT2D eigenvalue weighted by Crippen LogP contribution is -2.03. The van der Waals surface area contributed by atoms with Gasteiger partial charge in [0.1, 0.15) is 12.7 Å². The monoisotopic (exact) mass is 263 g/mol. The molecular weight excluding hydrogens is 253 g/mol. The maximum absolute atomic E-state index is 10.2. The molecule has 4 nitrogen and oxygen atoms in total. The van der Waals surface area contributed by atoms with Crippen molar-refractivity contribution in [2.45, 2.75) is 13.3 Å². The van der Waals surface area contributed by atoms with Crippen molar-refractivity contribution in [1.29, 1.82) is 0 Å². The Hall–Kier alpha value is -1.13. The van der Waals surface area contributed by atoms with Gasteiger partial charge in [-0.2, -0.15) is 0 Å². The molecule has 0 saturated carbocycles. The van der Waals surface area contributed by atoms with Crippen LogP contribution in [0.4, 0.5) is 0 Å². The summed E-state index contributed by atoms with van der Waals surface area (Å²) in [6.45, 7) is 2.04. The van der Waals surface area contributed by atoms with Crippen LogP contribution in [0.25, 0.3) is 0 Å². The highest BCUT2D eigenvalue weighted by molar-refractivity contribution is 6.34. The van der Waals surface area contributed by atoms with Crippen molar-refractivity contribution in [2.24, 2.45) is 0 Å². The third kappa shape index (κ3) is 8.20. The number of carbonyl (C=O) groups excluding carboxylic acids is 2. The molecule has 0 N–H and O–H groups in total. The van der Waals surface area contributed by atoms with Gasteiger partial charge >= 0.3 is 5.97 Å². The fourth-order valence-electron chi connectivity index (χ4n) is 0.674. The second-order valence-corrected chi connectivity index (χ2v) is 3.37. The number of aldehydes is 1. The van der Waals surface area contributed by atoms with Gasteiger partial charge in [0.15, 0.2) is 0 Å². The molecular formula is C10H11Cl2NO3. The minimum Gasteiger partial charge on any atom is -0.466 e. The molecule has 0 unspecified atom stereocenters. The Morgan fingerprint density at radius 1 is 1.44 bits per heavy atom. The Morgan fingerprint density at radius 3 is 2.31 bits per heavy atom. The number of halogens is 2. The number of rotatable bonds is 3. The molecule has 0 spiro atoms. The van der Waals surface area contributed by atoms with E-state index in [-0.39, 0.29) is 6.42 Å². The number of hydrogen-bond donors (Lipinski definition) is 0. The summed E-state index contributed by atoms with van der Waals surface area (Å²) in [4.78, 5) is 23.5. The molecule has 0 bridgehead atoms. The maximum atomic E-state index is 10.2. The second kappa shape index (κ2) is 9.12. The lowest BCUT2D eigenvalue weighted by molar-refractivity contribution is -0.143. The van der Waals surface area contributed by atoms with Crippen molar-refractivity contribution in [3.8, 4) is 0 Å². The summed E-state index contributed by atoms with van der Waals surface area (Å²) in [5, 5.41) is 1.13. The number of esters is 1. The predicted octanol–water partition coefficient (Wildman–Crippen LogP) is 2.53. The molecule has 0 amide bonds. The summed E-state index contributed by atoms with van der Waals surface area (Å²) in [6, 6.07) is 1.64. The molecule has 0 atom stereocenters. The van der Waals surface area contributed by atoms with Gasteiger partial charge in [0.05, 0.1) is 16.7 Å². The van der Waals surface area contributed by atoms with Gasteiger partial charge < -0.3 is 9.53 Å². The fraction of sp³-hybridized carbons (Fsp3) is 0.300. The maximum Gasteiger partial charge on any atom is 0.312 e. The summed E-state index contributed by atoms with van der Waals surface area (Å²) in [6.07, 6.45) is 3.46. The molecule has 6 heteroatoms. The lowest BCUT2D eigenvalue weighted by Gasteiger charge is -1.93. The zero-order chi connectivity index (χ0) is 12.4. The number of hydrogen-bond acceptors (Lipinski definition) is 4. The van der Waals surface area contributed by atoms with Crippen molar-refractivity contribution >= 4 is 35.5 Å². The van der Waals surface area contributed by atoms with Crippen molar-refractivity contribution < 1.29 is 14.3 Å². The third-order valence-corrected chi connectivity index (χ3v) is 1.64. The average Bonchev–Trinajstić information content (AvgIpc) is 2.18. The van der Waals surface area contributed by atoms with E-state index in [4.69, 9.17) is 23.2 Å². The van der Waals surface area contributed by atoms with Crippen molar-refractivity contribution in [3.05, 3.63) is 28.5 Å². The zero-order valence-corrected chi connectivity index (χ0v) is 10.2. The average molecular weight is 264 g/mol. The predicted molar refractivity (Wildman–Crippen MR) is 61.6 cm³/mol. The van der Waals surface area contributed by atoms with Gasteiger partial charge in [-0.15, -0.1) is 0 Å². The van der Waals surface area contributed by atoms with Gasteiger partial charge in [0.2, 0.25) is 0 Å². The molecule has 1 heterocycles. The van der Waals surface area contributed by atoms with Crippen LogP contribution < -0.4 is 0 Å². The normalized spacial score (nSPS) is 8.69. The van der Waals surface area contributed by atoms with E-state index >= 15 is 0 Å². The molecule has 88 valence electrons. The Labute approximate surface area is 104 Å². The van der Waals surface area contributed by atoms with E-state index in [1.165, 1.54) is 12.4 Å². The van der Waals surface area contributed by atoms with Crippen LogP contribution in [0.3, 0.4) is 0 Å². The van der Waals surface area contributed by atoms with E-state index in [2.05, 4.69) is 9.72 Å². The molecule has 0 aliphatic heterocycles. The Kier molecular flexibility index (Phi) is 8.48. The molecule has 0 aliphatic rings. The van der Waals surface area contributed by atoms with Crippen molar-refractivity contribution in [1.82, 2.24) is 4.98 Å². The molecule has 16 heavy (non-hydrogen) atoms. The highest BCUT2D eigenvalue weighted by atomic mass is 35.5. The van der Waals surface area contributed by atoms with Crippen LogP contribution in [-0.2, 0) is 14.3 Å². The number of aromatic nitrogens is 1. The van der Waals surface area contributed by atoms with Gasteiger partial charge in [-0.3, -0.25) is 9.78 Å². The van der Waals surface area contributed by atoms with E-state index in [0.29, 0.717) is 22.9 Å². The summed E-state index contributed by atoms with van der Waals surface area (Å²) in [5.74, 6) is -0.456. The summed E-state index contributed by atoms with van der Waals surface area (Å²) >= 11 is 11.0. The van der Waals surface area contributed by atoms with Crippen molar-refractivity contribution in [2.75, 3.05) is 6.61 Å². The minimum absolute atomic E-state index is 0.131. The molecule has 0 aliphatic carbocycles. The summed E-state index contributed by atoms with van der Waals surface area (Å²) < 4.78 is 4.41. The molecule has 1 rings (SSSR count). The molecule has 0 fully saturated rings. The number of carbonyl (C=O) groups is 2. The number of pyridine rings is 1. The van der Waals surface area contributed by atoms with Crippen molar-refractivity contribution in [3.63, 3.8) is 0 Å². The zero-order valence-electron chi connectivity index (χ0n) is 8.65. The van der Waals surface area contributed by atoms with Crippen LogP contribution in [0, 0.1) is 0 Å². The molecule has 1 aromatic heterocycles. The standard InChI is InChI=1S/C5H3Cl2N.C5H8O3/c6-4-1-5(7)3-8-2-4;1-2-8-5(7)3-4-6/h1-3H;4H,2-3H2,1H3. The first kappa shape index (κ1) is 14.9. The Balaban J connectivity index is 0.000000281. The van der Waals surface area contributed by atoms with Gasteiger partial charge in [0.25, 0.3) is 0 Å². The minimum atomic E-state index is -0.456. The Bertz CT molecular complexity index is 327. The van der Waals surface area contributed by atoms with Crippen LogP contribution in [-0.4, -0.2) is 23.8 Å². The smallest absolute Gasteiger partial charge is 0.312 e. The third-order valence-electron chi connectivity index (χ3n) is 1.23. The van der Waals surface area contributed by atoms with E-state index < -0.39 is 5.97 Å². The number of nitrogens with zero attached hydrogens (tertiary/aromatic N) is 1. The molecule has 0 saturated heterocycles. The van der Waals surface area contributed by atoms with E-state index in [1.54, 1.807) is 13.0 Å². The topological polar surface area (TPSA) is 56.3 Å². The van der Waals surface area contributed by atoms with Gasteiger partial charge in [0, 0.05) is 12.4 Å². The van der Waals surface area contributed by atoms with E-state index in [1.807, 2.05) is 0 Å². The van der Waals surface area contributed by atoms with Crippen LogP contribution >= 0.6 is 23.2 Å². The van der Waals surface area contributed by atoms with Crippen LogP contribution in [0.15, 0.2) is 18.5 Å². The van der Waals surface area contributed by atoms with Gasteiger partial charge in [-0.05, 0) is 13.0 Å². The van der Waals surface area contributed by atoms with E-state index in [0.717, 1.165) is 0 Å². The quantitative estimate of drug-likeness (QED) is 0.478. The molecule has 0 radical (unpaired) electrons. The van der Waals surface area contributed by atoms with Crippen LogP contribution in [0.5, 0.6) is 0 Å². The first-order valence-corrected chi connectivity index (χ1v) is 5.21. The molecule has 1 aromatic rings. The highest BCUT2D eigenvalue weighted by Gasteiger charge is 1.95. The Morgan fingerprint density at radius 2 is 2.00 bits per heavy atom. The summed E-state index contributed by atoms with van der Waals surface area (Å²) in [5.41, 5.74) is 0. The second-order valence-electron chi connectivity index (χ2n) is 2.50. The van der Waals surface area contributed by atoms with Gasteiger partial charge in [-0.1, -0.05) is 23.2 Å². The van der Waals surface area contributed by atoms with Crippen LogP contribution in [0.1, 0.15) is 13.3 Å². The molecule has 0 aromatic carbocycles.